The van der Waals surface area contributed by atoms with Gasteiger partial charge in [0.15, 0.2) is 0 Å². The molecule has 0 saturated carbocycles. The van der Waals surface area contributed by atoms with Gasteiger partial charge in [-0.15, -0.1) is 0 Å². The van der Waals surface area contributed by atoms with Crippen molar-refractivity contribution in [2.24, 2.45) is 0 Å². The Hall–Kier alpha value is -2.28. The van der Waals surface area contributed by atoms with Gasteiger partial charge in [-0.2, -0.15) is 0 Å². The first-order valence-electron chi connectivity index (χ1n) is 8.44. The van der Waals surface area contributed by atoms with Crippen LogP contribution in [0.4, 0.5) is 0 Å². The molecule has 0 heterocycles. The lowest BCUT2D eigenvalue weighted by Crippen LogP contribution is -2.13. The van der Waals surface area contributed by atoms with Gasteiger partial charge in [-0.05, 0) is 45.3 Å². The molecule has 0 spiro atoms. The first kappa shape index (κ1) is 22.7. The van der Waals surface area contributed by atoms with Gasteiger partial charge < -0.3 is 9.47 Å². The smallest absolute Gasteiger partial charge is 0.303 e. The van der Waals surface area contributed by atoms with Crippen LogP contribution in [-0.2, 0) is 19.1 Å². The molecule has 0 aliphatic heterocycles. The van der Waals surface area contributed by atoms with Gasteiger partial charge >= 0.3 is 11.9 Å². The largest absolute Gasteiger partial charge is 0.461 e. The molecule has 138 valence electrons. The first-order chi connectivity index (χ1) is 11.7. The van der Waals surface area contributed by atoms with E-state index in [1.165, 1.54) is 25.0 Å². The summed E-state index contributed by atoms with van der Waals surface area (Å²) in [6, 6.07) is 0. The highest BCUT2D eigenvalue weighted by Crippen LogP contribution is 2.11. The molecule has 1 atom stereocenters. The number of esters is 2. The fraction of sp³-hybridized carbons (Fsp3) is 0.524. The van der Waals surface area contributed by atoms with E-state index in [1.54, 1.807) is 0 Å². The summed E-state index contributed by atoms with van der Waals surface area (Å²) >= 11 is 0. The molecule has 4 nitrogen and oxygen atoms in total. The van der Waals surface area contributed by atoms with Crippen LogP contribution in [-0.4, -0.2) is 24.6 Å². The molecule has 4 heteroatoms. The van der Waals surface area contributed by atoms with Gasteiger partial charge in [-0.25, -0.2) is 0 Å². The number of carbonyl (C=O) groups is 2. The molecular formula is C21H30O4. The van der Waals surface area contributed by atoms with Crippen LogP contribution in [0.2, 0.25) is 0 Å². The van der Waals surface area contributed by atoms with Crippen molar-refractivity contribution in [2.45, 2.75) is 66.4 Å². The van der Waals surface area contributed by atoms with Crippen molar-refractivity contribution >= 4 is 11.9 Å². The van der Waals surface area contributed by atoms with Crippen molar-refractivity contribution in [2.75, 3.05) is 6.61 Å². The van der Waals surface area contributed by atoms with Crippen LogP contribution >= 0.6 is 0 Å². The Morgan fingerprint density at radius 2 is 1.76 bits per heavy atom. The molecule has 0 N–H and O–H groups in total. The minimum absolute atomic E-state index is 0.181. The normalized spacial score (nSPS) is 11.6. The second kappa shape index (κ2) is 13.1. The first-order valence-corrected chi connectivity index (χ1v) is 8.44. The summed E-state index contributed by atoms with van der Waals surface area (Å²) < 4.78 is 10.2. The molecule has 0 aromatic carbocycles. The van der Waals surface area contributed by atoms with Crippen LogP contribution < -0.4 is 0 Å². The average molecular weight is 346 g/mol. The highest BCUT2D eigenvalue weighted by atomic mass is 16.5. The molecular weight excluding hydrogens is 316 g/mol. The van der Waals surface area contributed by atoms with E-state index in [0.717, 1.165) is 18.4 Å². The van der Waals surface area contributed by atoms with Crippen molar-refractivity contribution in [3.8, 4) is 11.8 Å². The third-order valence-corrected chi connectivity index (χ3v) is 3.13. The topological polar surface area (TPSA) is 52.6 Å². The van der Waals surface area contributed by atoms with E-state index < -0.39 is 0 Å². The third kappa shape index (κ3) is 15.0. The van der Waals surface area contributed by atoms with Crippen molar-refractivity contribution in [3.63, 3.8) is 0 Å². The zero-order chi connectivity index (χ0) is 19.2. The van der Waals surface area contributed by atoms with Crippen LogP contribution in [0.15, 0.2) is 35.5 Å². The molecule has 0 aromatic heterocycles. The fourth-order valence-corrected chi connectivity index (χ4v) is 1.95. The molecule has 25 heavy (non-hydrogen) atoms. The van der Waals surface area contributed by atoms with Gasteiger partial charge in [0.1, 0.15) is 12.7 Å². The van der Waals surface area contributed by atoms with E-state index in [1.807, 2.05) is 13.0 Å². The minimum Gasteiger partial charge on any atom is -0.461 e. The number of hydrogen-bond acceptors (Lipinski definition) is 4. The Labute approximate surface area is 152 Å². The summed E-state index contributed by atoms with van der Waals surface area (Å²) in [5.74, 6) is 5.32. The van der Waals surface area contributed by atoms with Crippen LogP contribution in [0, 0.1) is 11.8 Å². The number of rotatable bonds is 9. The van der Waals surface area contributed by atoms with E-state index >= 15 is 0 Å². The zero-order valence-electron chi connectivity index (χ0n) is 16.1. The van der Waals surface area contributed by atoms with Crippen LogP contribution in [0.1, 0.15) is 60.3 Å². The van der Waals surface area contributed by atoms with Crippen molar-refractivity contribution < 1.29 is 19.1 Å². The molecule has 0 rings (SSSR count). The van der Waals surface area contributed by atoms with Gasteiger partial charge in [-0.1, -0.05) is 35.6 Å². The van der Waals surface area contributed by atoms with Gasteiger partial charge in [0.25, 0.3) is 0 Å². The van der Waals surface area contributed by atoms with Gasteiger partial charge in [0, 0.05) is 26.7 Å². The summed E-state index contributed by atoms with van der Waals surface area (Å²) in [4.78, 5) is 22.0. The summed E-state index contributed by atoms with van der Waals surface area (Å²) in [7, 11) is 0. The number of carbonyl (C=O) groups excluding carboxylic acids is 2. The van der Waals surface area contributed by atoms with Crippen molar-refractivity contribution in [1.29, 1.82) is 0 Å². The van der Waals surface area contributed by atoms with Crippen molar-refractivity contribution in [3.05, 3.63) is 35.5 Å². The highest BCUT2D eigenvalue weighted by Gasteiger charge is 2.08. The lowest BCUT2D eigenvalue weighted by atomic mass is 10.1. The summed E-state index contributed by atoms with van der Waals surface area (Å²) in [6.45, 7) is 12.9. The van der Waals surface area contributed by atoms with E-state index in [4.69, 9.17) is 9.47 Å². The average Bonchev–Trinajstić information content (AvgIpc) is 2.48. The molecule has 0 bridgehead atoms. The molecule has 0 saturated heterocycles. The van der Waals surface area contributed by atoms with Crippen molar-refractivity contribution in [1.82, 2.24) is 0 Å². The second-order valence-corrected chi connectivity index (χ2v) is 6.25. The summed E-state index contributed by atoms with van der Waals surface area (Å²) in [5, 5.41) is 0. The van der Waals surface area contributed by atoms with E-state index in [-0.39, 0.29) is 24.6 Å². The highest BCUT2D eigenvalue weighted by molar-refractivity contribution is 5.66. The van der Waals surface area contributed by atoms with Gasteiger partial charge in [0.05, 0.1) is 0 Å². The fourth-order valence-electron chi connectivity index (χ4n) is 1.95. The monoisotopic (exact) mass is 346 g/mol. The summed E-state index contributed by atoms with van der Waals surface area (Å²) in [6.07, 6.45) is 6.58. The SMILES string of the molecule is C=C(CC#CCC(/C=C(\C)CCC=C(C)C)OC(C)=O)COC(C)=O. The Morgan fingerprint density at radius 1 is 1.08 bits per heavy atom. The Morgan fingerprint density at radius 3 is 2.32 bits per heavy atom. The standard InChI is InChI=1S/C21H30O4/c1-16(2)10-9-12-17(3)14-21(25-20(6)23)13-8-7-11-18(4)15-24-19(5)22/h10,14,21H,4,9,11-13,15H2,1-3,5-6H3/b17-14+. The molecule has 0 radical (unpaired) electrons. The molecule has 0 aliphatic rings. The Balaban J connectivity index is 4.56. The quantitative estimate of drug-likeness (QED) is 0.350. The van der Waals surface area contributed by atoms with Gasteiger partial charge in [-0.3, -0.25) is 9.59 Å². The van der Waals surface area contributed by atoms with Gasteiger partial charge in [0.2, 0.25) is 0 Å². The maximum Gasteiger partial charge on any atom is 0.303 e. The number of hydrogen-bond donors (Lipinski definition) is 0. The number of allylic oxidation sites excluding steroid dienone is 3. The molecule has 0 aliphatic carbocycles. The number of ether oxygens (including phenoxy) is 2. The maximum absolute atomic E-state index is 11.3. The molecule has 0 amide bonds. The summed E-state index contributed by atoms with van der Waals surface area (Å²) in [5.41, 5.74) is 3.20. The van der Waals surface area contributed by atoms with Crippen LogP contribution in [0.3, 0.4) is 0 Å². The molecule has 1 unspecified atom stereocenters. The second-order valence-electron chi connectivity index (χ2n) is 6.25. The van der Waals surface area contributed by atoms with Crippen LogP contribution in [0.25, 0.3) is 0 Å². The lowest BCUT2D eigenvalue weighted by Gasteiger charge is -2.11. The molecule has 0 fully saturated rings. The third-order valence-electron chi connectivity index (χ3n) is 3.13. The predicted octanol–water partition coefficient (Wildman–Crippen LogP) is 4.51. The molecule has 0 aromatic rings. The lowest BCUT2D eigenvalue weighted by molar-refractivity contribution is -0.144. The zero-order valence-corrected chi connectivity index (χ0v) is 16.1. The maximum atomic E-state index is 11.3. The van der Waals surface area contributed by atoms with E-state index in [9.17, 15) is 9.59 Å². The van der Waals surface area contributed by atoms with Crippen LogP contribution in [0.5, 0.6) is 0 Å². The Bertz CT molecular complexity index is 581. The predicted molar refractivity (Wildman–Crippen MR) is 101 cm³/mol. The van der Waals surface area contributed by atoms with E-state index in [2.05, 4.69) is 38.3 Å². The minimum atomic E-state index is -0.349. The van der Waals surface area contributed by atoms with E-state index in [0.29, 0.717) is 12.8 Å². The Kier molecular flexibility index (Phi) is 11.9.